The molecule has 0 saturated carbocycles. The third-order valence-electron chi connectivity index (χ3n) is 1.52. The van der Waals surface area contributed by atoms with Crippen LogP contribution in [0.2, 0.25) is 5.02 Å². The van der Waals surface area contributed by atoms with Gasteiger partial charge in [0, 0.05) is 5.69 Å². The summed E-state index contributed by atoms with van der Waals surface area (Å²) in [6.45, 7) is -1.89. The number of nitrogens with two attached hydrogens (primary N) is 1. The SMILES string of the molecule is Nc1ccc(OCOCC(F)(F)F)c(Cl)c1. The Hall–Kier alpha value is -1.14. The van der Waals surface area contributed by atoms with Crippen molar-refractivity contribution in [3.63, 3.8) is 0 Å². The molecule has 0 amide bonds. The lowest BCUT2D eigenvalue weighted by molar-refractivity contribution is -0.186. The summed E-state index contributed by atoms with van der Waals surface area (Å²) in [5.74, 6) is 0.220. The quantitative estimate of drug-likeness (QED) is 0.511. The second-order valence-corrected chi connectivity index (χ2v) is 3.32. The molecular formula is C9H9ClF3NO2. The van der Waals surface area contributed by atoms with Gasteiger partial charge in [-0.1, -0.05) is 11.6 Å². The highest BCUT2D eigenvalue weighted by Crippen LogP contribution is 2.26. The van der Waals surface area contributed by atoms with Crippen molar-refractivity contribution >= 4 is 17.3 Å². The van der Waals surface area contributed by atoms with Crippen LogP contribution < -0.4 is 10.5 Å². The van der Waals surface area contributed by atoms with Crippen LogP contribution in [0.1, 0.15) is 0 Å². The van der Waals surface area contributed by atoms with Gasteiger partial charge in [0.05, 0.1) is 5.02 Å². The van der Waals surface area contributed by atoms with Crippen molar-refractivity contribution in [2.75, 3.05) is 19.1 Å². The van der Waals surface area contributed by atoms with Crippen LogP contribution in [0.4, 0.5) is 18.9 Å². The van der Waals surface area contributed by atoms with E-state index in [1.165, 1.54) is 18.2 Å². The molecule has 16 heavy (non-hydrogen) atoms. The van der Waals surface area contributed by atoms with Crippen LogP contribution in [0.15, 0.2) is 18.2 Å². The Balaban J connectivity index is 2.38. The Bertz CT molecular complexity index is 357. The number of benzene rings is 1. The Labute approximate surface area is 94.9 Å². The standard InChI is InChI=1S/C9H9ClF3NO2/c10-7-3-6(14)1-2-8(7)16-5-15-4-9(11,12)13/h1-3H,4-5,14H2. The molecule has 0 aliphatic heterocycles. The molecule has 0 aliphatic rings. The molecule has 0 unspecified atom stereocenters. The molecule has 1 rings (SSSR count). The van der Waals surface area contributed by atoms with E-state index >= 15 is 0 Å². The van der Waals surface area contributed by atoms with Gasteiger partial charge in [-0.25, -0.2) is 0 Å². The Morgan fingerprint density at radius 2 is 2.00 bits per heavy atom. The molecule has 0 saturated heterocycles. The molecule has 7 heteroatoms. The van der Waals surface area contributed by atoms with E-state index in [1.54, 1.807) is 0 Å². The number of alkyl halides is 3. The fraction of sp³-hybridized carbons (Fsp3) is 0.333. The van der Waals surface area contributed by atoms with Gasteiger partial charge in [0.2, 0.25) is 0 Å². The van der Waals surface area contributed by atoms with Gasteiger partial charge in [0.1, 0.15) is 12.4 Å². The summed E-state index contributed by atoms with van der Waals surface area (Å²) in [6.07, 6.45) is -4.37. The zero-order valence-electron chi connectivity index (χ0n) is 8.05. The molecule has 90 valence electrons. The van der Waals surface area contributed by atoms with Crippen molar-refractivity contribution in [1.29, 1.82) is 0 Å². The maximum Gasteiger partial charge on any atom is 0.411 e. The minimum Gasteiger partial charge on any atom is -0.466 e. The number of nitrogen functional groups attached to an aromatic ring is 1. The van der Waals surface area contributed by atoms with Crippen molar-refractivity contribution in [1.82, 2.24) is 0 Å². The zero-order chi connectivity index (χ0) is 12.2. The van der Waals surface area contributed by atoms with Crippen LogP contribution in [-0.4, -0.2) is 19.6 Å². The summed E-state index contributed by atoms with van der Waals surface area (Å²) >= 11 is 5.72. The van der Waals surface area contributed by atoms with E-state index in [0.717, 1.165) is 0 Å². The summed E-state index contributed by atoms with van der Waals surface area (Å²) in [7, 11) is 0. The highest BCUT2D eigenvalue weighted by Gasteiger charge is 2.27. The first-order chi connectivity index (χ1) is 7.38. The summed E-state index contributed by atoms with van der Waals surface area (Å²) in [4.78, 5) is 0. The lowest BCUT2D eigenvalue weighted by Gasteiger charge is -2.10. The van der Waals surface area contributed by atoms with E-state index in [9.17, 15) is 13.2 Å². The molecule has 0 bridgehead atoms. The van der Waals surface area contributed by atoms with Gasteiger partial charge >= 0.3 is 6.18 Å². The van der Waals surface area contributed by atoms with Gasteiger partial charge in [-0.3, -0.25) is 0 Å². The Kier molecular flexibility index (Phi) is 4.26. The summed E-state index contributed by atoms with van der Waals surface area (Å²) < 4.78 is 44.2. The van der Waals surface area contributed by atoms with Crippen molar-refractivity contribution in [3.8, 4) is 5.75 Å². The van der Waals surface area contributed by atoms with E-state index in [-0.39, 0.29) is 10.8 Å². The monoisotopic (exact) mass is 255 g/mol. The highest BCUT2D eigenvalue weighted by molar-refractivity contribution is 6.32. The average Bonchev–Trinajstić information content (AvgIpc) is 2.13. The van der Waals surface area contributed by atoms with Crippen molar-refractivity contribution in [2.45, 2.75) is 6.18 Å². The van der Waals surface area contributed by atoms with Gasteiger partial charge in [0.25, 0.3) is 0 Å². The molecule has 3 nitrogen and oxygen atoms in total. The van der Waals surface area contributed by atoms with Gasteiger partial charge < -0.3 is 15.2 Å². The normalized spacial score (nSPS) is 11.5. The van der Waals surface area contributed by atoms with Gasteiger partial charge in [-0.2, -0.15) is 13.2 Å². The molecule has 0 fully saturated rings. The first-order valence-electron chi connectivity index (χ1n) is 4.21. The van der Waals surface area contributed by atoms with E-state index in [0.29, 0.717) is 5.69 Å². The predicted octanol–water partition coefficient (Wildman–Crippen LogP) is 2.84. The second kappa shape index (κ2) is 5.27. The molecular weight excluding hydrogens is 247 g/mol. The Morgan fingerprint density at radius 1 is 1.31 bits per heavy atom. The molecule has 1 aromatic carbocycles. The minimum absolute atomic E-state index is 0.218. The van der Waals surface area contributed by atoms with Crippen LogP contribution in [0.25, 0.3) is 0 Å². The van der Waals surface area contributed by atoms with E-state index in [1.807, 2.05) is 0 Å². The van der Waals surface area contributed by atoms with Crippen molar-refractivity contribution in [2.24, 2.45) is 0 Å². The van der Waals surface area contributed by atoms with Crippen molar-refractivity contribution < 1.29 is 22.6 Å². The number of rotatable bonds is 4. The zero-order valence-corrected chi connectivity index (χ0v) is 8.81. The van der Waals surface area contributed by atoms with E-state index < -0.39 is 19.6 Å². The number of ether oxygens (including phenoxy) is 2. The molecule has 0 radical (unpaired) electrons. The molecule has 0 aliphatic carbocycles. The molecule has 2 N–H and O–H groups in total. The van der Waals surface area contributed by atoms with Crippen LogP contribution >= 0.6 is 11.6 Å². The maximum absolute atomic E-state index is 11.7. The average molecular weight is 256 g/mol. The van der Waals surface area contributed by atoms with E-state index in [2.05, 4.69) is 4.74 Å². The van der Waals surface area contributed by atoms with Crippen LogP contribution in [0.3, 0.4) is 0 Å². The van der Waals surface area contributed by atoms with Gasteiger partial charge in [0.15, 0.2) is 6.79 Å². The van der Waals surface area contributed by atoms with Crippen LogP contribution in [0.5, 0.6) is 5.75 Å². The third kappa shape index (κ3) is 4.59. The molecule has 0 atom stereocenters. The fourth-order valence-electron chi connectivity index (χ4n) is 0.897. The van der Waals surface area contributed by atoms with E-state index in [4.69, 9.17) is 22.1 Å². The van der Waals surface area contributed by atoms with Crippen molar-refractivity contribution in [3.05, 3.63) is 23.2 Å². The first-order valence-corrected chi connectivity index (χ1v) is 4.58. The maximum atomic E-state index is 11.7. The van der Waals surface area contributed by atoms with Crippen LogP contribution in [0, 0.1) is 0 Å². The fourth-order valence-corrected chi connectivity index (χ4v) is 1.14. The highest BCUT2D eigenvalue weighted by atomic mass is 35.5. The third-order valence-corrected chi connectivity index (χ3v) is 1.81. The summed E-state index contributed by atoms with van der Waals surface area (Å²) in [5, 5.41) is 0.218. The number of hydrogen-bond donors (Lipinski definition) is 1. The predicted molar refractivity (Wildman–Crippen MR) is 53.4 cm³/mol. The summed E-state index contributed by atoms with van der Waals surface area (Å²) in [6, 6.07) is 4.40. The van der Waals surface area contributed by atoms with Gasteiger partial charge in [-0.15, -0.1) is 0 Å². The molecule has 0 aromatic heterocycles. The topological polar surface area (TPSA) is 44.5 Å². The minimum atomic E-state index is -4.37. The molecule has 0 heterocycles. The second-order valence-electron chi connectivity index (χ2n) is 2.92. The molecule has 0 spiro atoms. The number of halogens is 4. The summed E-state index contributed by atoms with van der Waals surface area (Å²) in [5.41, 5.74) is 5.86. The first kappa shape index (κ1) is 12.9. The van der Waals surface area contributed by atoms with Gasteiger partial charge in [-0.05, 0) is 18.2 Å². The number of anilines is 1. The Morgan fingerprint density at radius 3 is 2.56 bits per heavy atom. The number of hydrogen-bond acceptors (Lipinski definition) is 3. The smallest absolute Gasteiger partial charge is 0.411 e. The van der Waals surface area contributed by atoms with Crippen LogP contribution in [-0.2, 0) is 4.74 Å². The lowest BCUT2D eigenvalue weighted by Crippen LogP contribution is -2.19. The largest absolute Gasteiger partial charge is 0.466 e. The lowest BCUT2D eigenvalue weighted by atomic mass is 10.3. The molecule has 1 aromatic rings.